The molecule has 1 aromatic rings. The number of terminal acetylenes is 1. The van der Waals surface area contributed by atoms with Gasteiger partial charge in [-0.05, 0) is 35.2 Å². The molecule has 0 fully saturated rings. The van der Waals surface area contributed by atoms with Crippen LogP contribution in [0.25, 0.3) is 11.1 Å². The first kappa shape index (κ1) is 11.9. The summed E-state index contributed by atoms with van der Waals surface area (Å²) in [4.78, 5) is 8.49. The molecule has 0 atom stereocenters. The van der Waals surface area contributed by atoms with Crippen LogP contribution >= 0.6 is 0 Å². The zero-order valence-electron chi connectivity index (χ0n) is 10.00. The predicted molar refractivity (Wildman–Crippen MR) is 72.2 cm³/mol. The maximum Gasteiger partial charge on any atom is 0.121 e. The number of hydrogen-bond acceptors (Lipinski definition) is 3. The highest BCUT2D eigenvalue weighted by Crippen LogP contribution is 2.32. The van der Waals surface area contributed by atoms with E-state index >= 15 is 0 Å². The molecule has 0 aromatic carbocycles. The maximum absolute atomic E-state index is 5.21. The van der Waals surface area contributed by atoms with Gasteiger partial charge in [0.15, 0.2) is 0 Å². The average Bonchev–Trinajstić information content (AvgIpc) is 3.04. The lowest BCUT2D eigenvalue weighted by molar-refractivity contribution is 0.215. The van der Waals surface area contributed by atoms with Crippen molar-refractivity contribution < 1.29 is 4.84 Å². The Balaban J connectivity index is 0.000000164. The van der Waals surface area contributed by atoms with Gasteiger partial charge in [-0.3, -0.25) is 0 Å². The van der Waals surface area contributed by atoms with E-state index < -0.39 is 0 Å². The van der Waals surface area contributed by atoms with Crippen LogP contribution < -0.4 is 0 Å². The Bertz CT molecular complexity index is 595. The van der Waals surface area contributed by atoms with Crippen molar-refractivity contribution in [3.63, 3.8) is 0 Å². The maximum atomic E-state index is 5.21. The molecule has 0 radical (unpaired) electrons. The first-order valence-corrected chi connectivity index (χ1v) is 5.43. The van der Waals surface area contributed by atoms with E-state index in [0.717, 1.165) is 5.56 Å². The first-order chi connectivity index (χ1) is 8.85. The number of aromatic nitrogens is 1. The van der Waals surface area contributed by atoms with Crippen LogP contribution in [0.5, 0.6) is 0 Å². The lowest BCUT2D eigenvalue weighted by Crippen LogP contribution is -1.90. The molecule has 1 heterocycles. The van der Waals surface area contributed by atoms with Crippen LogP contribution in [0.15, 0.2) is 47.8 Å². The number of oxime groups is 1. The number of nitrogens with zero attached hydrogens (tertiary/aromatic N) is 2. The quantitative estimate of drug-likeness (QED) is 0.389. The van der Waals surface area contributed by atoms with Crippen molar-refractivity contribution in [3.05, 3.63) is 53.9 Å². The number of benzene rings is 1. The van der Waals surface area contributed by atoms with E-state index in [4.69, 9.17) is 6.42 Å². The van der Waals surface area contributed by atoms with Crippen LogP contribution in [0.2, 0.25) is 0 Å². The summed E-state index contributed by atoms with van der Waals surface area (Å²) in [7, 11) is 1.47. The van der Waals surface area contributed by atoms with Gasteiger partial charge in [0.25, 0.3) is 0 Å². The van der Waals surface area contributed by atoms with Crippen molar-refractivity contribution in [2.75, 3.05) is 7.11 Å². The summed E-state index contributed by atoms with van der Waals surface area (Å²) >= 11 is 0. The third-order valence-electron chi connectivity index (χ3n) is 2.39. The monoisotopic (exact) mass is 236 g/mol. The molecule has 3 nitrogen and oxygen atoms in total. The van der Waals surface area contributed by atoms with Gasteiger partial charge in [-0.2, -0.15) is 0 Å². The van der Waals surface area contributed by atoms with Gasteiger partial charge in [-0.25, -0.2) is 4.98 Å². The van der Waals surface area contributed by atoms with Gasteiger partial charge in [-0.15, -0.1) is 6.42 Å². The van der Waals surface area contributed by atoms with Crippen molar-refractivity contribution in [1.82, 2.24) is 4.98 Å². The fourth-order valence-corrected chi connectivity index (χ4v) is 1.43. The lowest BCUT2D eigenvalue weighted by Gasteiger charge is -1.94. The number of rotatable bonds is 2. The van der Waals surface area contributed by atoms with E-state index in [1.165, 1.54) is 24.5 Å². The zero-order chi connectivity index (χ0) is 12.8. The van der Waals surface area contributed by atoms with E-state index in [0.29, 0.717) is 5.69 Å². The van der Waals surface area contributed by atoms with Crippen LogP contribution in [0.4, 0.5) is 0 Å². The molecule has 0 saturated heterocycles. The number of pyridine rings is 1. The molecule has 88 valence electrons. The molecular weight excluding hydrogens is 224 g/mol. The molecule has 2 aliphatic rings. The summed E-state index contributed by atoms with van der Waals surface area (Å²) < 4.78 is 0. The summed E-state index contributed by atoms with van der Waals surface area (Å²) in [6.45, 7) is 0. The summed E-state index contributed by atoms with van der Waals surface area (Å²) in [6.07, 6.45) is 8.38. The Kier molecular flexibility index (Phi) is 3.72. The summed E-state index contributed by atoms with van der Waals surface area (Å²) in [6, 6.07) is 12.1. The van der Waals surface area contributed by atoms with E-state index in [-0.39, 0.29) is 0 Å². The fourth-order valence-electron chi connectivity index (χ4n) is 1.43. The normalized spacial score (nSPS) is 10.2. The van der Waals surface area contributed by atoms with E-state index in [9.17, 15) is 0 Å². The summed E-state index contributed by atoms with van der Waals surface area (Å²) in [5, 5.41) is 3.59. The highest BCUT2D eigenvalue weighted by Gasteiger charge is 2.06. The predicted octanol–water partition coefficient (Wildman–Crippen LogP) is 2.71. The largest absolute Gasteiger partial charge is 0.399 e. The van der Waals surface area contributed by atoms with Gasteiger partial charge < -0.3 is 4.84 Å². The van der Waals surface area contributed by atoms with Crippen LogP contribution in [0, 0.1) is 12.3 Å². The van der Waals surface area contributed by atoms with E-state index in [1.54, 1.807) is 12.3 Å². The van der Waals surface area contributed by atoms with Crippen LogP contribution in [0.1, 0.15) is 11.3 Å². The molecule has 0 amide bonds. The average molecular weight is 236 g/mol. The van der Waals surface area contributed by atoms with Gasteiger partial charge in [-0.1, -0.05) is 23.4 Å². The van der Waals surface area contributed by atoms with Gasteiger partial charge in [0.1, 0.15) is 12.8 Å². The molecule has 0 bridgehead atoms. The van der Waals surface area contributed by atoms with Crippen LogP contribution in [0.3, 0.4) is 0 Å². The van der Waals surface area contributed by atoms with Crippen LogP contribution in [-0.2, 0) is 4.84 Å². The second kappa shape index (κ2) is 5.65. The summed E-state index contributed by atoms with van der Waals surface area (Å²) in [5.74, 6) is 2.45. The first-order valence-electron chi connectivity index (χ1n) is 5.43. The van der Waals surface area contributed by atoms with Crippen molar-refractivity contribution in [2.24, 2.45) is 5.16 Å². The molecule has 18 heavy (non-hydrogen) atoms. The second-order valence-electron chi connectivity index (χ2n) is 3.58. The molecule has 3 rings (SSSR count). The molecule has 0 saturated carbocycles. The van der Waals surface area contributed by atoms with Gasteiger partial charge in [0.05, 0.1) is 6.21 Å². The lowest BCUT2D eigenvalue weighted by atomic mass is 10.2. The topological polar surface area (TPSA) is 34.5 Å². The Morgan fingerprint density at radius 1 is 1.28 bits per heavy atom. The SMILES string of the molecule is C#Cc1ncccc1C=NOC.c1cc2cc-2c1. The third-order valence-corrected chi connectivity index (χ3v) is 2.39. The molecule has 0 spiro atoms. The minimum absolute atomic E-state index is 0.568. The van der Waals surface area contributed by atoms with Gasteiger partial charge in [0, 0.05) is 11.8 Å². The van der Waals surface area contributed by atoms with Gasteiger partial charge >= 0.3 is 0 Å². The van der Waals surface area contributed by atoms with Crippen LogP contribution in [-0.4, -0.2) is 18.3 Å². The Morgan fingerprint density at radius 3 is 2.56 bits per heavy atom. The Morgan fingerprint density at radius 2 is 2.06 bits per heavy atom. The van der Waals surface area contributed by atoms with Crippen molar-refractivity contribution in [3.8, 4) is 23.5 Å². The smallest absolute Gasteiger partial charge is 0.121 e. The van der Waals surface area contributed by atoms with Gasteiger partial charge in [0.2, 0.25) is 0 Å². The molecule has 0 aliphatic heterocycles. The molecule has 0 N–H and O–H groups in total. The molecule has 2 aliphatic carbocycles. The molecule has 0 unspecified atom stereocenters. The molecular formula is C15H12N2O. The highest BCUT2D eigenvalue weighted by atomic mass is 16.6. The second-order valence-corrected chi connectivity index (χ2v) is 3.58. The highest BCUT2D eigenvalue weighted by molar-refractivity contribution is 5.82. The molecule has 3 heteroatoms. The van der Waals surface area contributed by atoms with E-state index in [2.05, 4.69) is 45.2 Å². The van der Waals surface area contributed by atoms with Crippen molar-refractivity contribution >= 4 is 6.21 Å². The minimum Gasteiger partial charge on any atom is -0.399 e. The minimum atomic E-state index is 0.568. The fraction of sp³-hybridized carbons (Fsp3) is 0.0667. The molecule has 1 aromatic heterocycles. The van der Waals surface area contributed by atoms with E-state index in [1.807, 2.05) is 6.07 Å². The Labute approximate surface area is 106 Å². The van der Waals surface area contributed by atoms with Crippen molar-refractivity contribution in [2.45, 2.75) is 0 Å². The Hall–Kier alpha value is -2.60. The standard InChI is InChI=1S/C9H8N2O.C6H4/c1-3-9-8(7-11-12-2)5-4-6-10-9;1-2-5-4-6(5)3-1/h1,4-7H,2H3;1-4H. The number of fused-ring (bicyclic) bond motifs is 1. The zero-order valence-corrected chi connectivity index (χ0v) is 10.00. The van der Waals surface area contributed by atoms with Crippen molar-refractivity contribution in [1.29, 1.82) is 0 Å². The summed E-state index contributed by atoms with van der Waals surface area (Å²) in [5.41, 5.74) is 4.20. The number of hydrogen-bond donors (Lipinski definition) is 0. The third kappa shape index (κ3) is 2.96.